The zero-order valence-electron chi connectivity index (χ0n) is 9.75. The average Bonchev–Trinajstić information content (AvgIpc) is 2.15. The fourth-order valence-corrected chi connectivity index (χ4v) is 2.64. The molecule has 1 rings (SSSR count). The molecule has 0 aliphatic carbocycles. The minimum Gasteiger partial charge on any atom is -0.322 e. The van der Waals surface area contributed by atoms with Crippen molar-refractivity contribution in [3.05, 3.63) is 0 Å². The quantitative estimate of drug-likeness (QED) is 0.733. The third kappa shape index (κ3) is 3.87. The second kappa shape index (κ2) is 5.27. The molecule has 0 aromatic carbocycles. The van der Waals surface area contributed by atoms with Crippen molar-refractivity contribution >= 4 is 35.3 Å². The fourth-order valence-electron chi connectivity index (χ4n) is 1.47. The first-order valence-electron chi connectivity index (χ1n) is 5.19. The van der Waals surface area contributed by atoms with E-state index in [4.69, 9.17) is 11.6 Å². The van der Waals surface area contributed by atoms with Crippen molar-refractivity contribution in [2.24, 2.45) is 0 Å². The van der Waals surface area contributed by atoms with Crippen molar-refractivity contribution in [1.29, 1.82) is 0 Å². The number of amides is 3. The van der Waals surface area contributed by atoms with Crippen molar-refractivity contribution < 1.29 is 9.59 Å². The number of thioether (sulfide) groups is 1. The number of rotatable bonds is 1. The molecule has 0 aromatic rings. The van der Waals surface area contributed by atoms with Crippen LogP contribution in [0.25, 0.3) is 0 Å². The Morgan fingerprint density at radius 3 is 2.62 bits per heavy atom. The third-order valence-electron chi connectivity index (χ3n) is 2.30. The van der Waals surface area contributed by atoms with Gasteiger partial charge in [0.1, 0.15) is 5.38 Å². The number of nitrogens with one attached hydrogen (secondary N) is 1. The van der Waals surface area contributed by atoms with E-state index in [2.05, 4.69) is 19.2 Å². The second-order valence-corrected chi connectivity index (χ2v) is 6.90. The number of halogens is 1. The summed E-state index contributed by atoms with van der Waals surface area (Å²) < 4.78 is 0.0468. The zero-order chi connectivity index (χ0) is 12.3. The van der Waals surface area contributed by atoms with Gasteiger partial charge in [-0.2, -0.15) is 11.8 Å². The minimum absolute atomic E-state index is 0.0468. The van der Waals surface area contributed by atoms with Gasteiger partial charge >= 0.3 is 6.03 Å². The smallest absolute Gasteiger partial charge is 0.322 e. The summed E-state index contributed by atoms with van der Waals surface area (Å²) in [6.45, 7) is 7.03. The van der Waals surface area contributed by atoms with Crippen LogP contribution >= 0.6 is 23.4 Å². The number of alkyl halides is 1. The highest BCUT2D eigenvalue weighted by molar-refractivity contribution is 8.00. The Kier molecular flexibility index (Phi) is 4.50. The van der Waals surface area contributed by atoms with E-state index >= 15 is 0 Å². The molecule has 0 bridgehead atoms. The normalized spacial score (nSPS) is 21.4. The second-order valence-electron chi connectivity index (χ2n) is 4.44. The van der Waals surface area contributed by atoms with Gasteiger partial charge in [-0.05, 0) is 20.8 Å². The Morgan fingerprint density at radius 2 is 2.12 bits per heavy atom. The highest BCUT2D eigenvalue weighted by Crippen LogP contribution is 2.29. The molecule has 3 amide bonds. The predicted molar refractivity (Wildman–Crippen MR) is 67.0 cm³/mol. The molecule has 0 aromatic heterocycles. The lowest BCUT2D eigenvalue weighted by atomic mass is 10.2. The number of nitrogens with zero attached hydrogens (tertiary/aromatic N) is 1. The van der Waals surface area contributed by atoms with Crippen LogP contribution in [0, 0.1) is 0 Å². The number of hydrogen-bond acceptors (Lipinski definition) is 3. The largest absolute Gasteiger partial charge is 0.324 e. The molecule has 1 heterocycles. The van der Waals surface area contributed by atoms with Gasteiger partial charge in [-0.1, -0.05) is 0 Å². The topological polar surface area (TPSA) is 49.4 Å². The van der Waals surface area contributed by atoms with E-state index in [9.17, 15) is 9.59 Å². The SMILES string of the molecule is CC(Cl)C(=O)NC(=O)N1CCSC(C)(C)C1. The molecule has 0 saturated carbocycles. The summed E-state index contributed by atoms with van der Waals surface area (Å²) in [5, 5.41) is 1.61. The maximum atomic E-state index is 11.7. The van der Waals surface area contributed by atoms with Crippen LogP contribution in [0.5, 0.6) is 0 Å². The van der Waals surface area contributed by atoms with Crippen molar-refractivity contribution in [3.8, 4) is 0 Å². The Bertz CT molecular complexity index is 295. The monoisotopic (exact) mass is 264 g/mol. The molecule has 1 atom stereocenters. The van der Waals surface area contributed by atoms with Gasteiger partial charge in [-0.15, -0.1) is 11.6 Å². The molecular weight excluding hydrogens is 248 g/mol. The van der Waals surface area contributed by atoms with Crippen molar-refractivity contribution in [2.45, 2.75) is 30.9 Å². The summed E-state index contributed by atoms with van der Waals surface area (Å²) in [5.74, 6) is 0.452. The molecule has 1 unspecified atom stereocenters. The van der Waals surface area contributed by atoms with E-state index in [1.165, 1.54) is 0 Å². The lowest BCUT2D eigenvalue weighted by Gasteiger charge is -2.37. The summed E-state index contributed by atoms with van der Waals surface area (Å²) >= 11 is 7.41. The first-order chi connectivity index (χ1) is 7.32. The van der Waals surface area contributed by atoms with Gasteiger partial charge in [-0.3, -0.25) is 10.1 Å². The molecule has 4 nitrogen and oxygen atoms in total. The molecule has 1 fully saturated rings. The summed E-state index contributed by atoms with van der Waals surface area (Å²) in [6.07, 6.45) is 0. The van der Waals surface area contributed by atoms with E-state index in [1.807, 2.05) is 11.8 Å². The van der Waals surface area contributed by atoms with Crippen molar-refractivity contribution in [1.82, 2.24) is 10.2 Å². The van der Waals surface area contributed by atoms with Crippen LogP contribution in [-0.4, -0.2) is 45.8 Å². The van der Waals surface area contributed by atoms with Crippen molar-refractivity contribution in [3.63, 3.8) is 0 Å². The number of carbonyl (C=O) groups is 2. The maximum Gasteiger partial charge on any atom is 0.324 e. The highest BCUT2D eigenvalue weighted by Gasteiger charge is 2.30. The summed E-state index contributed by atoms with van der Waals surface area (Å²) in [6, 6.07) is -0.342. The number of carbonyl (C=O) groups excluding carboxylic acids is 2. The van der Waals surface area contributed by atoms with Gasteiger partial charge in [0.25, 0.3) is 0 Å². The molecule has 16 heavy (non-hydrogen) atoms. The molecule has 0 radical (unpaired) electrons. The van der Waals surface area contributed by atoms with Gasteiger partial charge in [0, 0.05) is 23.6 Å². The van der Waals surface area contributed by atoms with E-state index < -0.39 is 11.3 Å². The molecule has 6 heteroatoms. The number of imide groups is 1. The summed E-state index contributed by atoms with van der Waals surface area (Å²) in [5.41, 5.74) is 0. The van der Waals surface area contributed by atoms with Crippen LogP contribution in [0.1, 0.15) is 20.8 Å². The van der Waals surface area contributed by atoms with Crippen LogP contribution in [-0.2, 0) is 4.79 Å². The Morgan fingerprint density at radius 1 is 1.50 bits per heavy atom. The molecule has 1 N–H and O–H groups in total. The fraction of sp³-hybridized carbons (Fsp3) is 0.800. The predicted octanol–water partition coefficient (Wildman–Crippen LogP) is 1.68. The Labute approximate surface area is 105 Å². The lowest BCUT2D eigenvalue weighted by Crippen LogP contribution is -2.52. The minimum atomic E-state index is -0.684. The number of hydrogen-bond donors (Lipinski definition) is 1. The van der Waals surface area contributed by atoms with E-state index in [0.717, 1.165) is 5.75 Å². The van der Waals surface area contributed by atoms with Crippen LogP contribution in [0.3, 0.4) is 0 Å². The van der Waals surface area contributed by atoms with Crippen LogP contribution < -0.4 is 5.32 Å². The van der Waals surface area contributed by atoms with Gasteiger partial charge < -0.3 is 4.90 Å². The molecule has 1 saturated heterocycles. The van der Waals surface area contributed by atoms with Crippen LogP contribution in [0.4, 0.5) is 4.79 Å². The van der Waals surface area contributed by atoms with E-state index in [0.29, 0.717) is 13.1 Å². The van der Waals surface area contributed by atoms with Crippen LogP contribution in [0.2, 0.25) is 0 Å². The third-order valence-corrected chi connectivity index (χ3v) is 3.80. The molecule has 1 aliphatic rings. The molecular formula is C10H17ClN2O2S. The maximum absolute atomic E-state index is 11.7. The lowest BCUT2D eigenvalue weighted by molar-refractivity contribution is -0.119. The molecule has 0 spiro atoms. The average molecular weight is 265 g/mol. The van der Waals surface area contributed by atoms with E-state index in [1.54, 1.807) is 11.8 Å². The number of urea groups is 1. The van der Waals surface area contributed by atoms with E-state index in [-0.39, 0.29) is 10.8 Å². The highest BCUT2D eigenvalue weighted by atomic mass is 35.5. The zero-order valence-corrected chi connectivity index (χ0v) is 11.3. The molecule has 92 valence electrons. The van der Waals surface area contributed by atoms with Gasteiger partial charge in [0.15, 0.2) is 0 Å². The Balaban J connectivity index is 2.51. The summed E-state index contributed by atoms with van der Waals surface area (Å²) in [7, 11) is 0. The van der Waals surface area contributed by atoms with Gasteiger partial charge in [0.2, 0.25) is 5.91 Å². The van der Waals surface area contributed by atoms with Crippen LogP contribution in [0.15, 0.2) is 0 Å². The van der Waals surface area contributed by atoms with Crippen molar-refractivity contribution in [2.75, 3.05) is 18.8 Å². The first kappa shape index (κ1) is 13.6. The standard InChI is InChI=1S/C10H17ClN2O2S/c1-7(11)8(14)12-9(15)13-4-5-16-10(2,3)6-13/h7H,4-6H2,1-3H3,(H,12,14,15). The Hall–Kier alpha value is -0.420. The van der Waals surface area contributed by atoms with Gasteiger partial charge in [-0.25, -0.2) is 4.79 Å². The summed E-state index contributed by atoms with van der Waals surface area (Å²) in [4.78, 5) is 24.6. The molecule has 1 aliphatic heterocycles. The first-order valence-corrected chi connectivity index (χ1v) is 6.62. The van der Waals surface area contributed by atoms with Gasteiger partial charge in [0.05, 0.1) is 0 Å².